The molecular weight excluding hydrogens is 250 g/mol. The molecule has 0 amide bonds. The van der Waals surface area contributed by atoms with Gasteiger partial charge in [0.1, 0.15) is 0 Å². The fourth-order valence-corrected chi connectivity index (χ4v) is 2.96. The van der Waals surface area contributed by atoms with Crippen molar-refractivity contribution in [1.82, 2.24) is 9.71 Å². The van der Waals surface area contributed by atoms with Gasteiger partial charge in [-0.25, -0.2) is 13.1 Å². The van der Waals surface area contributed by atoms with Crippen LogP contribution in [0.3, 0.4) is 0 Å². The van der Waals surface area contributed by atoms with Gasteiger partial charge in [-0.3, -0.25) is 4.98 Å². The van der Waals surface area contributed by atoms with E-state index in [-0.39, 0.29) is 11.8 Å². The van der Waals surface area contributed by atoms with Gasteiger partial charge in [-0.1, -0.05) is 6.07 Å². The molecule has 1 heterocycles. The lowest BCUT2D eigenvalue weighted by atomic mass is 10.2. The molecule has 0 fully saturated rings. The van der Waals surface area contributed by atoms with Gasteiger partial charge in [-0.05, 0) is 38.4 Å². The van der Waals surface area contributed by atoms with Crippen LogP contribution >= 0.6 is 0 Å². The first kappa shape index (κ1) is 15.1. The molecule has 102 valence electrons. The first-order chi connectivity index (χ1) is 8.53. The summed E-state index contributed by atoms with van der Waals surface area (Å²) in [5.74, 6) is 0.0664. The average molecular weight is 271 g/mol. The van der Waals surface area contributed by atoms with Gasteiger partial charge < -0.3 is 5.73 Å². The van der Waals surface area contributed by atoms with Crippen LogP contribution in [0, 0.1) is 0 Å². The Bertz CT molecular complexity index is 434. The van der Waals surface area contributed by atoms with Crippen LogP contribution in [0.5, 0.6) is 0 Å². The molecule has 1 atom stereocenters. The van der Waals surface area contributed by atoms with Crippen molar-refractivity contribution in [2.24, 2.45) is 5.73 Å². The Labute approximate surface area is 109 Å². The second-order valence-electron chi connectivity index (χ2n) is 4.34. The van der Waals surface area contributed by atoms with Gasteiger partial charge >= 0.3 is 0 Å². The summed E-state index contributed by atoms with van der Waals surface area (Å²) in [4.78, 5) is 4.10. The zero-order valence-electron chi connectivity index (χ0n) is 10.7. The van der Waals surface area contributed by atoms with Crippen LogP contribution in [0.25, 0.3) is 0 Å². The van der Waals surface area contributed by atoms with Crippen LogP contribution < -0.4 is 10.5 Å². The van der Waals surface area contributed by atoms with E-state index in [4.69, 9.17) is 5.73 Å². The van der Waals surface area contributed by atoms with E-state index in [1.807, 2.05) is 25.1 Å². The topological polar surface area (TPSA) is 85.1 Å². The molecule has 0 aromatic carbocycles. The molecule has 0 aliphatic rings. The lowest BCUT2D eigenvalue weighted by Crippen LogP contribution is -2.35. The summed E-state index contributed by atoms with van der Waals surface area (Å²) in [5, 5.41) is 0. The monoisotopic (exact) mass is 271 g/mol. The van der Waals surface area contributed by atoms with Crippen LogP contribution in [-0.4, -0.2) is 31.7 Å². The van der Waals surface area contributed by atoms with Crippen LogP contribution in [0.15, 0.2) is 24.4 Å². The molecule has 0 aliphatic carbocycles. The van der Waals surface area contributed by atoms with E-state index in [1.54, 1.807) is 6.20 Å². The molecule has 0 bridgehead atoms. The van der Waals surface area contributed by atoms with E-state index in [2.05, 4.69) is 9.71 Å². The van der Waals surface area contributed by atoms with Crippen LogP contribution in [0.4, 0.5) is 0 Å². The summed E-state index contributed by atoms with van der Waals surface area (Å²) >= 11 is 0. The average Bonchev–Trinajstić information content (AvgIpc) is 2.35. The van der Waals surface area contributed by atoms with Crippen molar-refractivity contribution in [2.45, 2.75) is 32.2 Å². The summed E-state index contributed by atoms with van der Waals surface area (Å²) < 4.78 is 26.3. The van der Waals surface area contributed by atoms with Crippen molar-refractivity contribution in [1.29, 1.82) is 0 Å². The predicted octanol–water partition coefficient (Wildman–Crippen LogP) is 0.671. The lowest BCUT2D eigenvalue weighted by molar-refractivity contribution is 0.538. The molecule has 1 aromatic heterocycles. The highest BCUT2D eigenvalue weighted by molar-refractivity contribution is 7.89. The molecule has 1 unspecified atom stereocenters. The highest BCUT2D eigenvalue weighted by Crippen LogP contribution is 2.01. The molecule has 5 nitrogen and oxygen atoms in total. The van der Waals surface area contributed by atoms with Gasteiger partial charge in [0, 0.05) is 24.4 Å². The lowest BCUT2D eigenvalue weighted by Gasteiger charge is -2.13. The van der Waals surface area contributed by atoms with Gasteiger partial charge in [0.2, 0.25) is 10.0 Å². The number of rotatable bonds is 8. The first-order valence-corrected chi connectivity index (χ1v) is 7.78. The number of nitrogens with zero attached hydrogens (tertiary/aromatic N) is 1. The smallest absolute Gasteiger partial charge is 0.212 e. The maximum absolute atomic E-state index is 11.8. The molecule has 1 rings (SSSR count). The summed E-state index contributed by atoms with van der Waals surface area (Å²) in [6.07, 6.45) is 3.68. The fraction of sp³-hybridized carbons (Fsp3) is 0.583. The predicted molar refractivity (Wildman–Crippen MR) is 72.6 cm³/mol. The van der Waals surface area contributed by atoms with Gasteiger partial charge in [0.15, 0.2) is 0 Å². The van der Waals surface area contributed by atoms with Gasteiger partial charge in [0.25, 0.3) is 0 Å². The van der Waals surface area contributed by atoms with Crippen molar-refractivity contribution >= 4 is 10.0 Å². The third-order valence-corrected chi connectivity index (χ3v) is 4.08. The standard InChI is InChI=1S/C12H21N3O2S/c1-11(5-4-8-13)15-18(16,17)10-7-12-6-2-3-9-14-12/h2-3,6,9,11,15H,4-5,7-8,10,13H2,1H3. The number of hydrogen-bond acceptors (Lipinski definition) is 4. The van der Waals surface area contributed by atoms with E-state index in [1.165, 1.54) is 0 Å². The van der Waals surface area contributed by atoms with Gasteiger partial charge in [-0.15, -0.1) is 0 Å². The van der Waals surface area contributed by atoms with Crippen LogP contribution in [0.2, 0.25) is 0 Å². The number of aromatic nitrogens is 1. The quantitative estimate of drug-likeness (QED) is 0.728. The number of hydrogen-bond donors (Lipinski definition) is 2. The highest BCUT2D eigenvalue weighted by Gasteiger charge is 2.14. The molecule has 0 aliphatic heterocycles. The molecular formula is C12H21N3O2S. The molecule has 0 saturated heterocycles. The third kappa shape index (κ3) is 6.09. The number of aryl methyl sites for hydroxylation is 1. The van der Waals surface area contributed by atoms with Crippen LogP contribution in [0.1, 0.15) is 25.5 Å². The van der Waals surface area contributed by atoms with Crippen molar-refractivity contribution in [3.05, 3.63) is 30.1 Å². The molecule has 0 spiro atoms. The summed E-state index contributed by atoms with van der Waals surface area (Å²) in [7, 11) is -3.24. The number of nitrogens with one attached hydrogen (secondary N) is 1. The molecule has 0 saturated carbocycles. The Balaban J connectivity index is 2.40. The molecule has 1 aromatic rings. The number of nitrogens with two attached hydrogens (primary N) is 1. The Kier molecular flexibility index (Phi) is 6.24. The number of sulfonamides is 1. The van der Waals surface area contributed by atoms with Crippen molar-refractivity contribution in [2.75, 3.05) is 12.3 Å². The Morgan fingerprint density at radius 2 is 2.22 bits per heavy atom. The Hall–Kier alpha value is -0.980. The first-order valence-electron chi connectivity index (χ1n) is 6.13. The Morgan fingerprint density at radius 3 is 2.83 bits per heavy atom. The van der Waals surface area contributed by atoms with E-state index >= 15 is 0 Å². The van der Waals surface area contributed by atoms with E-state index in [9.17, 15) is 8.42 Å². The largest absolute Gasteiger partial charge is 0.330 e. The maximum Gasteiger partial charge on any atom is 0.212 e. The minimum absolute atomic E-state index is 0.0664. The summed E-state index contributed by atoms with van der Waals surface area (Å²) in [5.41, 5.74) is 6.18. The zero-order chi connectivity index (χ0) is 13.4. The van der Waals surface area contributed by atoms with E-state index < -0.39 is 10.0 Å². The third-order valence-electron chi connectivity index (χ3n) is 2.58. The molecule has 18 heavy (non-hydrogen) atoms. The zero-order valence-corrected chi connectivity index (χ0v) is 11.5. The van der Waals surface area contributed by atoms with Crippen molar-refractivity contribution in [3.8, 4) is 0 Å². The minimum Gasteiger partial charge on any atom is -0.330 e. The molecule has 0 radical (unpaired) electrons. The van der Waals surface area contributed by atoms with E-state index in [0.29, 0.717) is 13.0 Å². The normalized spacial score (nSPS) is 13.4. The van der Waals surface area contributed by atoms with Gasteiger partial charge in [0.05, 0.1) is 5.75 Å². The second-order valence-corrected chi connectivity index (χ2v) is 6.21. The Morgan fingerprint density at radius 1 is 1.44 bits per heavy atom. The SMILES string of the molecule is CC(CCCN)NS(=O)(=O)CCc1ccccn1. The summed E-state index contributed by atoms with van der Waals surface area (Å²) in [6.45, 7) is 2.44. The molecule has 3 N–H and O–H groups in total. The highest BCUT2D eigenvalue weighted by atomic mass is 32.2. The van der Waals surface area contributed by atoms with Crippen LogP contribution in [-0.2, 0) is 16.4 Å². The minimum atomic E-state index is -3.24. The molecule has 6 heteroatoms. The number of pyridine rings is 1. The van der Waals surface area contributed by atoms with Gasteiger partial charge in [-0.2, -0.15) is 0 Å². The van der Waals surface area contributed by atoms with E-state index in [0.717, 1.165) is 18.5 Å². The van der Waals surface area contributed by atoms with Crippen molar-refractivity contribution in [3.63, 3.8) is 0 Å². The maximum atomic E-state index is 11.8. The summed E-state index contributed by atoms with van der Waals surface area (Å²) in [6, 6.07) is 5.42. The van der Waals surface area contributed by atoms with Crippen molar-refractivity contribution < 1.29 is 8.42 Å². The second kappa shape index (κ2) is 7.45. The fourth-order valence-electron chi connectivity index (χ4n) is 1.63.